The summed E-state index contributed by atoms with van der Waals surface area (Å²) >= 11 is 0. The maximum absolute atomic E-state index is 13.2. The van der Waals surface area contributed by atoms with E-state index in [9.17, 15) is 9.90 Å². The van der Waals surface area contributed by atoms with E-state index in [-0.39, 0.29) is 24.3 Å². The maximum atomic E-state index is 13.2. The summed E-state index contributed by atoms with van der Waals surface area (Å²) in [6, 6.07) is 8.15. The Bertz CT molecular complexity index is 882. The molecule has 154 valence electrons. The standard InChI is InChI=1S/C23H35N3O2/c1-4-25-20-9-5-6-10-21(20)26(22(25)28)19-11-13-24(14-17(19)16-27)15-18-8-7-12-23(18,2)3/h5-6,9-10,17-19,27H,4,7-8,11-16H2,1-3H3/t17-,18?,19+/m0/s1. The van der Waals surface area contributed by atoms with Gasteiger partial charge in [-0.3, -0.25) is 9.13 Å². The minimum Gasteiger partial charge on any atom is -0.396 e. The Morgan fingerprint density at radius 3 is 2.57 bits per heavy atom. The van der Waals surface area contributed by atoms with Crippen LogP contribution in [-0.2, 0) is 6.54 Å². The number of hydrogen-bond donors (Lipinski definition) is 1. The molecule has 0 bridgehead atoms. The van der Waals surface area contributed by atoms with Crippen LogP contribution in [0.1, 0.15) is 52.5 Å². The highest BCUT2D eigenvalue weighted by molar-refractivity contribution is 5.76. The van der Waals surface area contributed by atoms with E-state index in [1.54, 1.807) is 0 Å². The Morgan fingerprint density at radius 2 is 1.93 bits per heavy atom. The first kappa shape index (κ1) is 19.7. The second-order valence-corrected chi connectivity index (χ2v) is 9.52. The van der Waals surface area contributed by atoms with Crippen LogP contribution in [0.2, 0.25) is 0 Å². The third kappa shape index (κ3) is 3.33. The number of aromatic nitrogens is 2. The van der Waals surface area contributed by atoms with Crippen LogP contribution in [0.25, 0.3) is 11.0 Å². The van der Waals surface area contributed by atoms with Crippen LogP contribution in [0.15, 0.2) is 29.1 Å². The average Bonchev–Trinajstić information content (AvgIpc) is 3.17. The minimum atomic E-state index is 0.0672. The highest BCUT2D eigenvalue weighted by atomic mass is 16.3. The molecule has 5 heteroatoms. The fourth-order valence-corrected chi connectivity index (χ4v) is 5.69. The van der Waals surface area contributed by atoms with Crippen LogP contribution < -0.4 is 5.69 Å². The van der Waals surface area contributed by atoms with E-state index in [0.717, 1.165) is 43.0 Å². The number of nitrogens with zero attached hydrogens (tertiary/aromatic N) is 3. The number of para-hydroxylation sites is 2. The van der Waals surface area contributed by atoms with Crippen molar-refractivity contribution in [2.45, 2.75) is 59.0 Å². The Kier molecular flexibility index (Phi) is 5.41. The first-order chi connectivity index (χ1) is 13.5. The lowest BCUT2D eigenvalue weighted by Gasteiger charge is -2.41. The molecule has 1 aromatic heterocycles. The molecule has 1 saturated heterocycles. The molecular weight excluding hydrogens is 350 g/mol. The predicted octanol–water partition coefficient (Wildman–Crippen LogP) is 3.50. The van der Waals surface area contributed by atoms with Crippen LogP contribution in [0, 0.1) is 17.3 Å². The van der Waals surface area contributed by atoms with Crippen molar-refractivity contribution in [1.29, 1.82) is 0 Å². The molecule has 1 N–H and O–H groups in total. The molecular formula is C23H35N3O2. The zero-order valence-corrected chi connectivity index (χ0v) is 17.6. The third-order valence-electron chi connectivity index (χ3n) is 7.49. The summed E-state index contributed by atoms with van der Waals surface area (Å²) in [6.45, 7) is 10.6. The van der Waals surface area contributed by atoms with Gasteiger partial charge in [0.25, 0.3) is 0 Å². The first-order valence-electron chi connectivity index (χ1n) is 11.0. The zero-order chi connectivity index (χ0) is 19.9. The molecule has 1 unspecified atom stereocenters. The second kappa shape index (κ2) is 7.68. The van der Waals surface area contributed by atoms with E-state index in [1.165, 1.54) is 19.3 Å². The van der Waals surface area contributed by atoms with Crippen molar-refractivity contribution < 1.29 is 5.11 Å². The molecule has 2 aliphatic rings. The van der Waals surface area contributed by atoms with Crippen molar-refractivity contribution in [2.24, 2.45) is 17.3 Å². The minimum absolute atomic E-state index is 0.0672. The number of fused-ring (bicyclic) bond motifs is 1. The van der Waals surface area contributed by atoms with Gasteiger partial charge in [0.05, 0.1) is 11.0 Å². The molecule has 0 spiro atoms. The summed E-state index contributed by atoms with van der Waals surface area (Å²) in [7, 11) is 0. The summed E-state index contributed by atoms with van der Waals surface area (Å²) in [5, 5.41) is 10.2. The molecule has 5 nitrogen and oxygen atoms in total. The maximum Gasteiger partial charge on any atom is 0.329 e. The summed E-state index contributed by atoms with van der Waals surface area (Å²) in [5.41, 5.74) is 2.50. The Labute approximate surface area is 168 Å². The van der Waals surface area contributed by atoms with E-state index >= 15 is 0 Å². The van der Waals surface area contributed by atoms with E-state index in [4.69, 9.17) is 0 Å². The highest BCUT2D eigenvalue weighted by Crippen LogP contribution is 2.43. The van der Waals surface area contributed by atoms with E-state index < -0.39 is 0 Å². The van der Waals surface area contributed by atoms with E-state index in [2.05, 4.69) is 18.7 Å². The number of piperidine rings is 1. The van der Waals surface area contributed by atoms with Crippen molar-refractivity contribution in [1.82, 2.24) is 14.0 Å². The van der Waals surface area contributed by atoms with Gasteiger partial charge in [-0.1, -0.05) is 32.4 Å². The van der Waals surface area contributed by atoms with Gasteiger partial charge in [0.1, 0.15) is 0 Å². The van der Waals surface area contributed by atoms with Crippen molar-refractivity contribution >= 4 is 11.0 Å². The van der Waals surface area contributed by atoms with Gasteiger partial charge in [0, 0.05) is 44.7 Å². The first-order valence-corrected chi connectivity index (χ1v) is 11.0. The molecule has 0 amide bonds. The molecule has 28 heavy (non-hydrogen) atoms. The lowest BCUT2D eigenvalue weighted by molar-refractivity contribution is 0.0557. The smallest absolute Gasteiger partial charge is 0.329 e. The molecule has 0 radical (unpaired) electrons. The normalized spacial score (nSPS) is 28.2. The van der Waals surface area contributed by atoms with Gasteiger partial charge >= 0.3 is 5.69 Å². The van der Waals surface area contributed by atoms with Crippen molar-refractivity contribution in [3.8, 4) is 0 Å². The van der Waals surface area contributed by atoms with Gasteiger partial charge < -0.3 is 10.0 Å². The summed E-state index contributed by atoms with van der Waals surface area (Å²) in [5.74, 6) is 0.847. The average molecular weight is 386 g/mol. The zero-order valence-electron chi connectivity index (χ0n) is 17.6. The van der Waals surface area contributed by atoms with Crippen LogP contribution in [-0.4, -0.2) is 45.4 Å². The largest absolute Gasteiger partial charge is 0.396 e. The molecule has 3 atom stereocenters. The summed E-state index contributed by atoms with van der Waals surface area (Å²) in [6.07, 6.45) is 4.91. The number of aliphatic hydroxyl groups is 1. The van der Waals surface area contributed by atoms with E-state index in [1.807, 2.05) is 40.3 Å². The fourth-order valence-electron chi connectivity index (χ4n) is 5.69. The summed E-state index contributed by atoms with van der Waals surface area (Å²) < 4.78 is 3.83. The molecule has 1 saturated carbocycles. The quantitative estimate of drug-likeness (QED) is 0.857. The Hall–Kier alpha value is -1.59. The van der Waals surface area contributed by atoms with Crippen molar-refractivity contribution in [2.75, 3.05) is 26.2 Å². The molecule has 1 aliphatic heterocycles. The van der Waals surface area contributed by atoms with Gasteiger partial charge in [-0.2, -0.15) is 0 Å². The predicted molar refractivity (Wildman–Crippen MR) is 114 cm³/mol. The molecule has 4 rings (SSSR count). The Morgan fingerprint density at radius 1 is 1.18 bits per heavy atom. The summed E-state index contributed by atoms with van der Waals surface area (Å²) in [4.78, 5) is 15.7. The van der Waals surface area contributed by atoms with Crippen molar-refractivity contribution in [3.05, 3.63) is 34.7 Å². The van der Waals surface area contributed by atoms with Gasteiger partial charge in [-0.15, -0.1) is 0 Å². The van der Waals surface area contributed by atoms with Gasteiger partial charge in [0.15, 0.2) is 0 Å². The fraction of sp³-hybridized carbons (Fsp3) is 0.696. The third-order valence-corrected chi connectivity index (χ3v) is 7.49. The topological polar surface area (TPSA) is 50.4 Å². The van der Waals surface area contributed by atoms with Crippen LogP contribution in [0.4, 0.5) is 0 Å². The van der Waals surface area contributed by atoms with Crippen LogP contribution in [0.5, 0.6) is 0 Å². The number of imidazole rings is 1. The monoisotopic (exact) mass is 385 g/mol. The number of aryl methyl sites for hydroxylation is 1. The number of hydrogen-bond acceptors (Lipinski definition) is 3. The van der Waals surface area contributed by atoms with Gasteiger partial charge in [0.2, 0.25) is 0 Å². The van der Waals surface area contributed by atoms with Gasteiger partial charge in [-0.25, -0.2) is 4.79 Å². The number of benzene rings is 1. The number of likely N-dealkylation sites (tertiary alicyclic amines) is 1. The van der Waals surface area contributed by atoms with E-state index in [0.29, 0.717) is 12.0 Å². The molecule has 2 aromatic rings. The Balaban J connectivity index is 1.59. The molecule has 1 aromatic carbocycles. The lowest BCUT2D eigenvalue weighted by Crippen LogP contribution is -2.47. The molecule has 1 aliphatic carbocycles. The second-order valence-electron chi connectivity index (χ2n) is 9.52. The van der Waals surface area contributed by atoms with Crippen LogP contribution in [0.3, 0.4) is 0 Å². The lowest BCUT2D eigenvalue weighted by atomic mass is 9.81. The van der Waals surface area contributed by atoms with Crippen molar-refractivity contribution in [3.63, 3.8) is 0 Å². The number of aliphatic hydroxyl groups excluding tert-OH is 1. The SMILES string of the molecule is CCn1c(=O)n([C@@H]2CCN(CC3CCCC3(C)C)C[C@H]2CO)c2ccccc21. The van der Waals surface area contributed by atoms with Gasteiger partial charge in [-0.05, 0) is 49.7 Å². The van der Waals surface area contributed by atoms with Crippen LogP contribution >= 0.6 is 0 Å². The molecule has 2 fully saturated rings. The highest BCUT2D eigenvalue weighted by Gasteiger charge is 2.38. The molecule has 2 heterocycles. The number of rotatable bonds is 5.